The van der Waals surface area contributed by atoms with Crippen LogP contribution in [0.4, 0.5) is 17.6 Å². The first-order chi connectivity index (χ1) is 9.50. The highest BCUT2D eigenvalue weighted by molar-refractivity contribution is 7.14. The van der Waals surface area contributed by atoms with Crippen LogP contribution in [0.5, 0.6) is 0 Å². The number of nitrogens with zero attached hydrogens (tertiary/aromatic N) is 1. The number of rotatable bonds is 1. The highest BCUT2D eigenvalue weighted by Crippen LogP contribution is 2.26. The van der Waals surface area contributed by atoms with Gasteiger partial charge in [-0.15, -0.1) is 0 Å². The van der Waals surface area contributed by atoms with Crippen LogP contribution in [0.25, 0.3) is 15.8 Å². The first-order valence-electron chi connectivity index (χ1n) is 5.45. The Labute approximate surface area is 113 Å². The lowest BCUT2D eigenvalue weighted by Crippen LogP contribution is -2.15. The largest absolute Gasteiger partial charge is 0.273 e. The quantitative estimate of drug-likeness (QED) is 0.497. The Morgan fingerprint density at radius 3 is 2.15 bits per heavy atom. The molecule has 2 aromatic carbocycles. The summed E-state index contributed by atoms with van der Waals surface area (Å²) in [7, 11) is 0. The average molecular weight is 299 g/mol. The monoisotopic (exact) mass is 299 g/mol. The lowest BCUT2D eigenvalue weighted by molar-refractivity contribution is 0.449. The minimum Gasteiger partial charge on any atom is -0.267 e. The second-order valence-electron chi connectivity index (χ2n) is 4.00. The zero-order chi connectivity index (χ0) is 14.4. The maximum absolute atomic E-state index is 13.7. The van der Waals surface area contributed by atoms with Crippen molar-refractivity contribution < 1.29 is 17.6 Å². The van der Waals surface area contributed by atoms with Gasteiger partial charge in [0.2, 0.25) is 0 Å². The van der Waals surface area contributed by atoms with Crippen molar-refractivity contribution in [2.24, 2.45) is 0 Å². The number of fused-ring (bicyclic) bond motifs is 1. The van der Waals surface area contributed by atoms with Crippen LogP contribution in [-0.4, -0.2) is 3.96 Å². The van der Waals surface area contributed by atoms with Gasteiger partial charge in [-0.3, -0.25) is 4.79 Å². The van der Waals surface area contributed by atoms with Gasteiger partial charge >= 0.3 is 0 Å². The molecule has 0 unspecified atom stereocenters. The van der Waals surface area contributed by atoms with E-state index in [1.54, 1.807) is 18.2 Å². The summed E-state index contributed by atoms with van der Waals surface area (Å²) in [4.78, 5) is 12.1. The van der Waals surface area contributed by atoms with Crippen LogP contribution >= 0.6 is 11.5 Å². The minimum absolute atomic E-state index is 0.104. The van der Waals surface area contributed by atoms with E-state index >= 15 is 0 Å². The van der Waals surface area contributed by atoms with Crippen molar-refractivity contribution in [2.45, 2.75) is 0 Å². The molecule has 0 aliphatic heterocycles. The predicted octanol–water partition coefficient (Wildman–Crippen LogP) is 3.61. The Morgan fingerprint density at radius 2 is 1.55 bits per heavy atom. The molecule has 7 heteroatoms. The third-order valence-corrected chi connectivity index (χ3v) is 3.87. The summed E-state index contributed by atoms with van der Waals surface area (Å²) in [5, 5.41) is 0.223. The van der Waals surface area contributed by atoms with Crippen LogP contribution in [0.1, 0.15) is 0 Å². The van der Waals surface area contributed by atoms with Gasteiger partial charge in [-0.25, -0.2) is 21.5 Å². The van der Waals surface area contributed by atoms with Gasteiger partial charge in [-0.1, -0.05) is 23.7 Å². The fraction of sp³-hybridized carbons (Fsp3) is 0. The normalized spacial score (nSPS) is 11.2. The van der Waals surface area contributed by atoms with Gasteiger partial charge in [0.1, 0.15) is 5.69 Å². The molecular weight excluding hydrogens is 294 g/mol. The SMILES string of the molecule is O=c1c2ccccc2sn1-c1c(F)c(F)cc(F)c1F. The van der Waals surface area contributed by atoms with E-state index in [9.17, 15) is 22.4 Å². The summed E-state index contributed by atoms with van der Waals surface area (Å²) >= 11 is 0.714. The second kappa shape index (κ2) is 4.45. The number of hydrogen-bond acceptors (Lipinski definition) is 2. The molecule has 0 saturated carbocycles. The van der Waals surface area contributed by atoms with Crippen molar-refractivity contribution in [2.75, 3.05) is 0 Å². The molecule has 0 bridgehead atoms. The smallest absolute Gasteiger partial charge is 0.267 e. The van der Waals surface area contributed by atoms with Gasteiger partial charge in [0.05, 0.1) is 10.1 Å². The molecule has 20 heavy (non-hydrogen) atoms. The van der Waals surface area contributed by atoms with Gasteiger partial charge in [0.15, 0.2) is 23.3 Å². The Morgan fingerprint density at radius 1 is 0.950 bits per heavy atom. The number of benzene rings is 2. The lowest BCUT2D eigenvalue weighted by atomic mass is 10.2. The predicted molar refractivity (Wildman–Crippen MR) is 67.3 cm³/mol. The van der Waals surface area contributed by atoms with Gasteiger partial charge in [0, 0.05) is 6.07 Å². The van der Waals surface area contributed by atoms with E-state index in [0.29, 0.717) is 20.2 Å². The second-order valence-corrected chi connectivity index (χ2v) is 4.99. The molecule has 0 spiro atoms. The molecule has 3 aromatic rings. The summed E-state index contributed by atoms with van der Waals surface area (Å²) in [5.41, 5.74) is -1.76. The molecule has 0 aliphatic carbocycles. The molecule has 0 aliphatic rings. The minimum atomic E-state index is -1.60. The highest BCUT2D eigenvalue weighted by Gasteiger charge is 2.23. The number of hydrogen-bond donors (Lipinski definition) is 0. The van der Waals surface area contributed by atoms with Crippen molar-refractivity contribution in [3.8, 4) is 5.69 Å². The summed E-state index contributed by atoms with van der Waals surface area (Å²) in [6.07, 6.45) is 0. The fourth-order valence-corrected chi connectivity index (χ4v) is 2.88. The number of aromatic nitrogens is 1. The van der Waals surface area contributed by atoms with Crippen LogP contribution in [0.3, 0.4) is 0 Å². The van der Waals surface area contributed by atoms with Crippen molar-refractivity contribution in [3.63, 3.8) is 0 Å². The van der Waals surface area contributed by atoms with Crippen LogP contribution in [-0.2, 0) is 0 Å². The maximum Gasteiger partial charge on any atom is 0.273 e. The third-order valence-electron chi connectivity index (χ3n) is 2.78. The molecule has 0 radical (unpaired) electrons. The van der Waals surface area contributed by atoms with Crippen molar-refractivity contribution in [3.05, 3.63) is 64.0 Å². The molecule has 0 atom stereocenters. The molecule has 0 saturated heterocycles. The van der Waals surface area contributed by atoms with E-state index in [1.165, 1.54) is 6.07 Å². The lowest BCUT2D eigenvalue weighted by Gasteiger charge is -2.05. The molecule has 102 valence electrons. The van der Waals surface area contributed by atoms with Gasteiger partial charge in [-0.05, 0) is 12.1 Å². The molecule has 0 fully saturated rings. The van der Waals surface area contributed by atoms with Gasteiger partial charge in [0.25, 0.3) is 5.56 Å². The van der Waals surface area contributed by atoms with E-state index < -0.39 is 34.5 Å². The van der Waals surface area contributed by atoms with E-state index in [-0.39, 0.29) is 11.5 Å². The van der Waals surface area contributed by atoms with E-state index in [4.69, 9.17) is 0 Å². The maximum atomic E-state index is 13.7. The van der Waals surface area contributed by atoms with Crippen LogP contribution < -0.4 is 5.56 Å². The fourth-order valence-electron chi connectivity index (χ4n) is 1.86. The molecule has 0 amide bonds. The molecule has 3 rings (SSSR count). The zero-order valence-electron chi connectivity index (χ0n) is 9.66. The molecule has 0 N–H and O–H groups in total. The topological polar surface area (TPSA) is 22.0 Å². The third kappa shape index (κ3) is 1.74. The molecular formula is C13H5F4NOS. The molecule has 1 aromatic heterocycles. The standard InChI is InChI=1S/C13H5F4NOS/c14-7-5-8(15)11(17)12(10(7)16)18-13(19)6-3-1-2-4-9(6)20-18/h1-5H. The summed E-state index contributed by atoms with van der Waals surface area (Å²) in [6.45, 7) is 0. The van der Waals surface area contributed by atoms with Crippen molar-refractivity contribution >= 4 is 21.6 Å². The summed E-state index contributed by atoms with van der Waals surface area (Å²) in [5.74, 6) is -6.30. The highest BCUT2D eigenvalue weighted by atomic mass is 32.1. The van der Waals surface area contributed by atoms with E-state index in [0.717, 1.165) is 0 Å². The number of halogens is 4. The first-order valence-corrected chi connectivity index (χ1v) is 6.22. The van der Waals surface area contributed by atoms with Crippen LogP contribution in [0.15, 0.2) is 35.1 Å². The van der Waals surface area contributed by atoms with Crippen molar-refractivity contribution in [1.82, 2.24) is 3.96 Å². The molecule has 1 heterocycles. The van der Waals surface area contributed by atoms with Gasteiger partial charge < -0.3 is 0 Å². The Hall–Kier alpha value is -2.15. The Bertz CT molecular complexity index is 858. The van der Waals surface area contributed by atoms with E-state index in [1.807, 2.05) is 0 Å². The van der Waals surface area contributed by atoms with Gasteiger partial charge in [-0.2, -0.15) is 0 Å². The Balaban J connectivity index is 2.43. The van der Waals surface area contributed by atoms with E-state index in [2.05, 4.69) is 0 Å². The molecule has 2 nitrogen and oxygen atoms in total. The first kappa shape index (κ1) is 12.9. The Kier molecular flexibility index (Phi) is 2.86. The van der Waals surface area contributed by atoms with Crippen LogP contribution in [0.2, 0.25) is 0 Å². The van der Waals surface area contributed by atoms with Crippen molar-refractivity contribution in [1.29, 1.82) is 0 Å². The average Bonchev–Trinajstić information content (AvgIpc) is 2.75. The summed E-state index contributed by atoms with van der Waals surface area (Å²) in [6, 6.07) is 6.37. The zero-order valence-corrected chi connectivity index (χ0v) is 10.5. The summed E-state index contributed by atoms with van der Waals surface area (Å²) < 4.78 is 54.9. The van der Waals surface area contributed by atoms with Crippen LogP contribution in [0, 0.1) is 23.3 Å².